The average Bonchev–Trinajstić information content (AvgIpc) is 2.57. The Morgan fingerprint density at radius 3 is 2.50 bits per heavy atom. The molecule has 0 radical (unpaired) electrons. The van der Waals surface area contributed by atoms with E-state index in [2.05, 4.69) is 46.9 Å². The molecule has 0 aromatic heterocycles. The SMILES string of the molecule is CC(C)OCCC1(CNC(C)(C)C)CCOC1C. The average molecular weight is 257 g/mol. The fourth-order valence-corrected chi connectivity index (χ4v) is 2.41. The number of ether oxygens (including phenoxy) is 2. The number of hydrogen-bond acceptors (Lipinski definition) is 3. The summed E-state index contributed by atoms with van der Waals surface area (Å²) in [6.07, 6.45) is 2.85. The Bertz CT molecular complexity index is 247. The third kappa shape index (κ3) is 4.87. The molecule has 2 atom stereocenters. The van der Waals surface area contributed by atoms with E-state index in [4.69, 9.17) is 9.47 Å². The van der Waals surface area contributed by atoms with E-state index in [1.165, 1.54) is 0 Å². The van der Waals surface area contributed by atoms with Crippen molar-refractivity contribution in [2.75, 3.05) is 19.8 Å². The molecule has 1 heterocycles. The molecule has 0 amide bonds. The predicted molar refractivity (Wildman–Crippen MR) is 75.9 cm³/mol. The van der Waals surface area contributed by atoms with Crippen molar-refractivity contribution >= 4 is 0 Å². The minimum atomic E-state index is 0.161. The van der Waals surface area contributed by atoms with Gasteiger partial charge in [0, 0.05) is 30.7 Å². The normalized spacial score (nSPS) is 29.2. The van der Waals surface area contributed by atoms with Gasteiger partial charge in [-0.15, -0.1) is 0 Å². The molecule has 1 aliphatic heterocycles. The lowest BCUT2D eigenvalue weighted by atomic mass is 9.78. The van der Waals surface area contributed by atoms with Crippen molar-refractivity contribution in [2.24, 2.45) is 5.41 Å². The Balaban J connectivity index is 2.53. The van der Waals surface area contributed by atoms with E-state index in [1.54, 1.807) is 0 Å². The quantitative estimate of drug-likeness (QED) is 0.793. The maximum absolute atomic E-state index is 5.80. The highest BCUT2D eigenvalue weighted by Gasteiger charge is 2.41. The van der Waals surface area contributed by atoms with Gasteiger partial charge in [0.1, 0.15) is 0 Å². The summed E-state index contributed by atoms with van der Waals surface area (Å²) in [5, 5.41) is 3.64. The molecule has 3 heteroatoms. The van der Waals surface area contributed by atoms with E-state index in [0.717, 1.165) is 32.6 Å². The summed E-state index contributed by atoms with van der Waals surface area (Å²) in [4.78, 5) is 0. The van der Waals surface area contributed by atoms with E-state index >= 15 is 0 Å². The Morgan fingerprint density at radius 1 is 1.39 bits per heavy atom. The molecule has 1 fully saturated rings. The Hall–Kier alpha value is -0.120. The molecular formula is C15H31NO2. The van der Waals surface area contributed by atoms with Gasteiger partial charge in [0.25, 0.3) is 0 Å². The van der Waals surface area contributed by atoms with Crippen molar-refractivity contribution in [1.82, 2.24) is 5.32 Å². The summed E-state index contributed by atoms with van der Waals surface area (Å²) in [5.74, 6) is 0. The molecule has 18 heavy (non-hydrogen) atoms. The van der Waals surface area contributed by atoms with Crippen LogP contribution in [0.5, 0.6) is 0 Å². The van der Waals surface area contributed by atoms with E-state index in [9.17, 15) is 0 Å². The molecule has 0 bridgehead atoms. The number of nitrogens with one attached hydrogen (secondary N) is 1. The van der Waals surface area contributed by atoms with Crippen LogP contribution < -0.4 is 5.32 Å². The fraction of sp³-hybridized carbons (Fsp3) is 1.00. The standard InChI is InChI=1S/C15H31NO2/c1-12(2)17-9-7-15(8-10-18-13(15)3)11-16-14(4,5)6/h12-13,16H,7-11H2,1-6H3. The van der Waals surface area contributed by atoms with Crippen LogP contribution in [0.4, 0.5) is 0 Å². The lowest BCUT2D eigenvalue weighted by Gasteiger charge is -2.36. The van der Waals surface area contributed by atoms with E-state index in [-0.39, 0.29) is 11.0 Å². The van der Waals surface area contributed by atoms with Gasteiger partial charge in [-0.2, -0.15) is 0 Å². The van der Waals surface area contributed by atoms with E-state index in [1.807, 2.05) is 0 Å². The smallest absolute Gasteiger partial charge is 0.0617 e. The largest absolute Gasteiger partial charge is 0.379 e. The van der Waals surface area contributed by atoms with Gasteiger partial charge >= 0.3 is 0 Å². The zero-order valence-electron chi connectivity index (χ0n) is 13.0. The van der Waals surface area contributed by atoms with Crippen LogP contribution in [0.15, 0.2) is 0 Å². The first-order valence-corrected chi connectivity index (χ1v) is 7.23. The summed E-state index contributed by atoms with van der Waals surface area (Å²) in [7, 11) is 0. The van der Waals surface area contributed by atoms with Gasteiger partial charge in [-0.3, -0.25) is 0 Å². The van der Waals surface area contributed by atoms with Crippen molar-refractivity contribution in [1.29, 1.82) is 0 Å². The predicted octanol–water partition coefficient (Wildman–Crippen LogP) is 2.98. The first-order chi connectivity index (χ1) is 8.25. The lowest BCUT2D eigenvalue weighted by Crippen LogP contribution is -2.47. The molecule has 0 aliphatic carbocycles. The first-order valence-electron chi connectivity index (χ1n) is 7.23. The summed E-state index contributed by atoms with van der Waals surface area (Å²) >= 11 is 0. The van der Waals surface area contributed by atoms with Crippen molar-refractivity contribution < 1.29 is 9.47 Å². The third-order valence-electron chi connectivity index (χ3n) is 3.85. The van der Waals surface area contributed by atoms with Gasteiger partial charge in [0.2, 0.25) is 0 Å². The molecule has 0 spiro atoms. The molecule has 2 unspecified atom stereocenters. The molecule has 108 valence electrons. The Kier molecular flexibility index (Phi) is 5.63. The zero-order chi connectivity index (χ0) is 13.8. The van der Waals surface area contributed by atoms with Crippen LogP contribution >= 0.6 is 0 Å². The van der Waals surface area contributed by atoms with E-state index < -0.39 is 0 Å². The van der Waals surface area contributed by atoms with Crippen LogP contribution in [-0.2, 0) is 9.47 Å². The van der Waals surface area contributed by atoms with E-state index in [0.29, 0.717) is 12.2 Å². The topological polar surface area (TPSA) is 30.5 Å². The molecule has 0 aromatic rings. The molecule has 1 saturated heterocycles. The van der Waals surface area contributed by atoms with Crippen LogP contribution in [0.3, 0.4) is 0 Å². The summed E-state index contributed by atoms with van der Waals surface area (Å²) < 4.78 is 11.5. The minimum Gasteiger partial charge on any atom is -0.379 e. The van der Waals surface area contributed by atoms with Crippen molar-refractivity contribution in [3.8, 4) is 0 Å². The van der Waals surface area contributed by atoms with Crippen LogP contribution in [0.1, 0.15) is 54.4 Å². The number of hydrogen-bond donors (Lipinski definition) is 1. The zero-order valence-corrected chi connectivity index (χ0v) is 13.0. The highest BCUT2D eigenvalue weighted by molar-refractivity contribution is 4.93. The lowest BCUT2D eigenvalue weighted by molar-refractivity contribution is 0.0146. The third-order valence-corrected chi connectivity index (χ3v) is 3.85. The highest BCUT2D eigenvalue weighted by atomic mass is 16.5. The summed E-state index contributed by atoms with van der Waals surface area (Å²) in [6, 6.07) is 0. The molecule has 1 rings (SSSR count). The van der Waals surface area contributed by atoms with Gasteiger partial charge in [-0.25, -0.2) is 0 Å². The fourth-order valence-electron chi connectivity index (χ4n) is 2.41. The van der Waals surface area contributed by atoms with Crippen LogP contribution in [0, 0.1) is 5.41 Å². The second kappa shape index (κ2) is 6.36. The van der Waals surface area contributed by atoms with Crippen molar-refractivity contribution in [2.45, 2.75) is 72.1 Å². The highest BCUT2D eigenvalue weighted by Crippen LogP contribution is 2.38. The van der Waals surface area contributed by atoms with Crippen LogP contribution in [0.25, 0.3) is 0 Å². The molecule has 0 aromatic carbocycles. The monoisotopic (exact) mass is 257 g/mol. The van der Waals surface area contributed by atoms with Crippen molar-refractivity contribution in [3.05, 3.63) is 0 Å². The molecular weight excluding hydrogens is 226 g/mol. The summed E-state index contributed by atoms with van der Waals surface area (Å²) in [5.41, 5.74) is 0.399. The maximum atomic E-state index is 5.80. The minimum absolute atomic E-state index is 0.161. The van der Waals surface area contributed by atoms with Crippen molar-refractivity contribution in [3.63, 3.8) is 0 Å². The van der Waals surface area contributed by atoms with Gasteiger partial charge in [-0.1, -0.05) is 0 Å². The first kappa shape index (κ1) is 15.9. The van der Waals surface area contributed by atoms with Crippen LogP contribution in [0.2, 0.25) is 0 Å². The second-order valence-corrected chi connectivity index (χ2v) is 6.90. The molecule has 1 aliphatic rings. The second-order valence-electron chi connectivity index (χ2n) is 6.90. The van der Waals surface area contributed by atoms with Gasteiger partial charge in [0.15, 0.2) is 0 Å². The molecule has 0 saturated carbocycles. The molecule has 3 nitrogen and oxygen atoms in total. The van der Waals surface area contributed by atoms with Gasteiger partial charge < -0.3 is 14.8 Å². The van der Waals surface area contributed by atoms with Crippen LogP contribution in [-0.4, -0.2) is 37.5 Å². The Morgan fingerprint density at radius 2 is 2.06 bits per heavy atom. The number of rotatable bonds is 6. The van der Waals surface area contributed by atoms with Gasteiger partial charge in [0.05, 0.1) is 12.2 Å². The maximum Gasteiger partial charge on any atom is 0.0617 e. The molecule has 1 N–H and O–H groups in total. The van der Waals surface area contributed by atoms with Gasteiger partial charge in [-0.05, 0) is 54.4 Å². The Labute approximate surface area is 113 Å². The summed E-state index contributed by atoms with van der Waals surface area (Å²) in [6.45, 7) is 15.8.